The van der Waals surface area contributed by atoms with Gasteiger partial charge >= 0.3 is 0 Å². The van der Waals surface area contributed by atoms with Gasteiger partial charge in [0.1, 0.15) is 0 Å². The Balaban J connectivity index is 2.06. The molecule has 1 aliphatic heterocycles. The van der Waals surface area contributed by atoms with Crippen LogP contribution >= 0.6 is 0 Å². The first kappa shape index (κ1) is 11.6. The van der Waals surface area contributed by atoms with Crippen molar-refractivity contribution in [3.05, 3.63) is 65.9 Å². The van der Waals surface area contributed by atoms with Gasteiger partial charge in [0.15, 0.2) is 0 Å². The molecule has 1 aliphatic rings. The number of pyridine rings is 1. The maximum Gasteiger partial charge on any atom is 0.0708 e. The molecule has 1 aromatic heterocycles. The number of fused-ring (bicyclic) bond motifs is 3. The van der Waals surface area contributed by atoms with Crippen LogP contribution in [-0.2, 0) is 0 Å². The van der Waals surface area contributed by atoms with Gasteiger partial charge in [-0.05, 0) is 30.0 Å². The first-order valence-corrected chi connectivity index (χ1v) is 6.94. The summed E-state index contributed by atoms with van der Waals surface area (Å²) in [5.74, 6) is 0. The highest BCUT2D eigenvalue weighted by Gasteiger charge is 2.16. The lowest BCUT2D eigenvalue weighted by Gasteiger charge is -2.13. The average Bonchev–Trinajstić information content (AvgIpc) is 3.00. The molecule has 2 nitrogen and oxygen atoms in total. The van der Waals surface area contributed by atoms with Gasteiger partial charge in [0, 0.05) is 23.5 Å². The van der Waals surface area contributed by atoms with Crippen molar-refractivity contribution in [2.24, 2.45) is 0 Å². The first-order valence-electron chi connectivity index (χ1n) is 6.94. The second-order valence-corrected chi connectivity index (χ2v) is 5.33. The largest absolute Gasteiger partial charge is 0.256 e. The zero-order chi connectivity index (χ0) is 13.5. The van der Waals surface area contributed by atoms with E-state index in [0.29, 0.717) is 0 Å². The molecule has 2 heterocycles. The second-order valence-electron chi connectivity index (χ2n) is 5.33. The molecule has 0 saturated carbocycles. The molecule has 0 aliphatic carbocycles. The molecule has 0 N–H and O–H groups in total. The first-order chi connectivity index (χ1) is 9.83. The number of aromatic nitrogens is 1. The quantitative estimate of drug-likeness (QED) is 0.481. The fraction of sp³-hybridized carbons (Fsp3) is 0.167. The number of rotatable bonds is 1. The van der Waals surface area contributed by atoms with E-state index < -0.39 is 0 Å². The summed E-state index contributed by atoms with van der Waals surface area (Å²) in [5.41, 5.74) is 3.58. The van der Waals surface area contributed by atoms with Crippen molar-refractivity contribution < 1.29 is 0 Å². The number of aryl methyl sites for hydroxylation is 1. The van der Waals surface area contributed by atoms with Crippen LogP contribution in [0.2, 0.25) is 0 Å². The van der Waals surface area contributed by atoms with Crippen LogP contribution in [0.15, 0.2) is 54.7 Å². The van der Waals surface area contributed by atoms with Gasteiger partial charge in [-0.15, -0.1) is 0 Å². The lowest BCUT2D eigenvalue weighted by atomic mass is 9.97. The number of hydrogen-bond donors (Lipinski definition) is 0. The van der Waals surface area contributed by atoms with Crippen LogP contribution in [0.3, 0.4) is 0 Å². The summed E-state index contributed by atoms with van der Waals surface area (Å²) in [6.45, 7) is 2.94. The van der Waals surface area contributed by atoms with E-state index in [-0.39, 0.29) is 6.04 Å². The summed E-state index contributed by atoms with van der Waals surface area (Å²) in [5, 5.41) is 8.33. The third-order valence-electron chi connectivity index (χ3n) is 3.96. The Kier molecular flexibility index (Phi) is 2.57. The highest BCUT2D eigenvalue weighted by atomic mass is 14.9. The van der Waals surface area contributed by atoms with E-state index in [2.05, 4.69) is 65.8 Å². The average molecular weight is 259 g/mol. The smallest absolute Gasteiger partial charge is 0.0708 e. The van der Waals surface area contributed by atoms with E-state index in [9.17, 15) is 0 Å². The monoisotopic (exact) mass is 259 g/mol. The second kappa shape index (κ2) is 4.43. The Morgan fingerprint density at radius 2 is 2.00 bits per heavy atom. The van der Waals surface area contributed by atoms with E-state index in [1.165, 1.54) is 27.3 Å². The van der Waals surface area contributed by atoms with Gasteiger partial charge in [0.2, 0.25) is 0 Å². The molecule has 3 aromatic rings. The van der Waals surface area contributed by atoms with Crippen LogP contribution in [0.5, 0.6) is 0 Å². The fourth-order valence-corrected chi connectivity index (χ4v) is 2.96. The molecular formula is C18H15N2. The van der Waals surface area contributed by atoms with Crippen LogP contribution in [0.1, 0.15) is 17.2 Å². The Morgan fingerprint density at radius 3 is 2.85 bits per heavy atom. The van der Waals surface area contributed by atoms with E-state index >= 15 is 0 Å². The van der Waals surface area contributed by atoms with E-state index in [1.54, 1.807) is 0 Å². The minimum absolute atomic E-state index is 0.183. The topological polar surface area (TPSA) is 27.0 Å². The number of benzene rings is 2. The predicted molar refractivity (Wildman–Crippen MR) is 82.9 cm³/mol. The van der Waals surface area contributed by atoms with Gasteiger partial charge < -0.3 is 0 Å². The van der Waals surface area contributed by atoms with Crippen LogP contribution in [0.4, 0.5) is 0 Å². The Morgan fingerprint density at radius 1 is 1.05 bits per heavy atom. The molecule has 0 bridgehead atoms. The van der Waals surface area contributed by atoms with Crippen molar-refractivity contribution in [1.82, 2.24) is 10.3 Å². The molecule has 0 amide bonds. The molecule has 1 atom stereocenters. The fourth-order valence-electron chi connectivity index (χ4n) is 2.96. The van der Waals surface area contributed by atoms with Gasteiger partial charge in [0.25, 0.3) is 0 Å². The van der Waals surface area contributed by atoms with E-state index in [0.717, 1.165) is 12.1 Å². The third kappa shape index (κ3) is 1.73. The van der Waals surface area contributed by atoms with Crippen molar-refractivity contribution >= 4 is 21.7 Å². The standard InChI is InChI=1S/C18H15N2/c1-12-7-8-18-15(10-12)13-4-2-5-14(16(13)11-20-18)17-6-3-9-19-17/h2-8,10-11,17H,9H2,1H3. The molecule has 97 valence electrons. The number of nitrogens with zero attached hydrogens (tertiary/aromatic N) is 2. The SMILES string of the molecule is Cc1ccc2ncc3c(C4C=CC[N]4)cccc3c2c1. The van der Waals surface area contributed by atoms with E-state index in [4.69, 9.17) is 0 Å². The molecule has 0 saturated heterocycles. The minimum Gasteiger partial charge on any atom is -0.256 e. The summed E-state index contributed by atoms with van der Waals surface area (Å²) in [7, 11) is 0. The third-order valence-corrected chi connectivity index (χ3v) is 3.96. The Bertz CT molecular complexity index is 833. The van der Waals surface area contributed by atoms with Crippen LogP contribution in [-0.4, -0.2) is 11.5 Å². The van der Waals surface area contributed by atoms with Gasteiger partial charge in [0.05, 0.1) is 11.6 Å². The molecule has 1 radical (unpaired) electrons. The van der Waals surface area contributed by atoms with Gasteiger partial charge in [-0.25, -0.2) is 5.32 Å². The van der Waals surface area contributed by atoms with Gasteiger partial charge in [-0.2, -0.15) is 0 Å². The van der Waals surface area contributed by atoms with Crippen LogP contribution < -0.4 is 5.32 Å². The normalized spacial score (nSPS) is 18.1. The lowest BCUT2D eigenvalue weighted by Crippen LogP contribution is -2.06. The Labute approximate surface area is 118 Å². The van der Waals surface area contributed by atoms with Gasteiger partial charge in [-0.3, -0.25) is 4.98 Å². The molecular weight excluding hydrogens is 244 g/mol. The highest BCUT2D eigenvalue weighted by molar-refractivity contribution is 6.06. The molecule has 2 aromatic carbocycles. The summed E-state index contributed by atoms with van der Waals surface area (Å²) in [6.07, 6.45) is 6.29. The van der Waals surface area contributed by atoms with Crippen molar-refractivity contribution in [2.75, 3.05) is 6.54 Å². The molecule has 0 spiro atoms. The van der Waals surface area contributed by atoms with Crippen molar-refractivity contribution in [1.29, 1.82) is 0 Å². The maximum atomic E-state index is 4.62. The van der Waals surface area contributed by atoms with Crippen molar-refractivity contribution in [3.63, 3.8) is 0 Å². The molecule has 2 heteroatoms. The summed E-state index contributed by atoms with van der Waals surface area (Å²) < 4.78 is 0. The lowest BCUT2D eigenvalue weighted by molar-refractivity contribution is 0.701. The molecule has 4 rings (SSSR count). The van der Waals surface area contributed by atoms with Crippen molar-refractivity contribution in [2.45, 2.75) is 13.0 Å². The molecule has 20 heavy (non-hydrogen) atoms. The van der Waals surface area contributed by atoms with Gasteiger partial charge in [-0.1, -0.05) is 42.0 Å². The summed E-state index contributed by atoms with van der Waals surface area (Å²) in [6, 6.07) is 13.1. The summed E-state index contributed by atoms with van der Waals surface area (Å²) in [4.78, 5) is 4.62. The highest BCUT2D eigenvalue weighted by Crippen LogP contribution is 2.31. The van der Waals surface area contributed by atoms with Crippen molar-refractivity contribution in [3.8, 4) is 0 Å². The zero-order valence-electron chi connectivity index (χ0n) is 11.4. The summed E-state index contributed by atoms with van der Waals surface area (Å²) >= 11 is 0. The Hall–Kier alpha value is -2.19. The van der Waals surface area contributed by atoms with E-state index in [1.807, 2.05) is 6.20 Å². The molecule has 0 fully saturated rings. The number of hydrogen-bond acceptors (Lipinski definition) is 1. The van der Waals surface area contributed by atoms with Crippen LogP contribution in [0, 0.1) is 6.92 Å². The predicted octanol–water partition coefficient (Wildman–Crippen LogP) is 3.91. The zero-order valence-corrected chi connectivity index (χ0v) is 11.4. The maximum absolute atomic E-state index is 4.62. The molecule has 1 unspecified atom stereocenters. The minimum atomic E-state index is 0.183. The van der Waals surface area contributed by atoms with Crippen LogP contribution in [0.25, 0.3) is 21.7 Å².